The van der Waals surface area contributed by atoms with E-state index in [2.05, 4.69) is 24.4 Å². The number of hydrogen-bond acceptors (Lipinski definition) is 4. The number of aliphatic hydroxyl groups is 2. The fourth-order valence-corrected chi connectivity index (χ4v) is 2.93. The number of esters is 1. The Labute approximate surface area is 115 Å². The van der Waals surface area contributed by atoms with E-state index in [-0.39, 0.29) is 6.42 Å². The van der Waals surface area contributed by atoms with Crippen molar-refractivity contribution < 1.29 is 19.7 Å². The maximum Gasteiger partial charge on any atom is 0.308 e. The molecule has 0 saturated carbocycles. The van der Waals surface area contributed by atoms with Crippen LogP contribution in [-0.4, -0.2) is 37.5 Å². The second-order valence-electron chi connectivity index (χ2n) is 5.66. The molecule has 2 unspecified atom stereocenters. The second-order valence-corrected chi connectivity index (χ2v) is 10.7. The second kappa shape index (κ2) is 6.32. The highest BCUT2D eigenvalue weighted by atomic mass is 28.3. The minimum Gasteiger partial charge on any atom is -0.469 e. The summed E-state index contributed by atoms with van der Waals surface area (Å²) in [6.45, 7) is 6.72. The van der Waals surface area contributed by atoms with Gasteiger partial charge in [0.2, 0.25) is 0 Å². The third-order valence-corrected chi connectivity index (χ3v) is 5.15. The van der Waals surface area contributed by atoms with Crippen molar-refractivity contribution in [2.24, 2.45) is 0 Å². The molecule has 1 rings (SSSR count). The molecule has 1 aromatic carbocycles. The molecule has 19 heavy (non-hydrogen) atoms. The number of rotatable bonds is 5. The monoisotopic (exact) mass is 282 g/mol. The predicted molar refractivity (Wildman–Crippen MR) is 77.0 cm³/mol. The standard InChI is InChI=1S/C14H22O4Si/c1-18-13(16)9-12(15)14(17)10-5-7-11(8-6-10)19(2,3)4/h5-8,12,14-15,17H,9H2,1-4H3. The maximum absolute atomic E-state index is 11.1. The quantitative estimate of drug-likeness (QED) is 0.629. The van der Waals surface area contributed by atoms with Gasteiger partial charge in [-0.15, -0.1) is 0 Å². The highest BCUT2D eigenvalue weighted by Gasteiger charge is 2.22. The third-order valence-electron chi connectivity index (χ3n) is 3.09. The zero-order chi connectivity index (χ0) is 14.6. The summed E-state index contributed by atoms with van der Waals surface area (Å²) >= 11 is 0. The molecule has 0 aromatic heterocycles. The first kappa shape index (κ1) is 15.9. The molecule has 0 radical (unpaired) electrons. The van der Waals surface area contributed by atoms with Gasteiger partial charge in [0.15, 0.2) is 0 Å². The van der Waals surface area contributed by atoms with E-state index in [4.69, 9.17) is 0 Å². The Balaban J connectivity index is 2.77. The highest BCUT2D eigenvalue weighted by molar-refractivity contribution is 6.88. The van der Waals surface area contributed by atoms with E-state index in [1.807, 2.05) is 12.1 Å². The minimum atomic E-state index is -1.37. The van der Waals surface area contributed by atoms with Crippen LogP contribution < -0.4 is 5.19 Å². The Morgan fingerprint density at radius 3 is 2.16 bits per heavy atom. The van der Waals surface area contributed by atoms with Gasteiger partial charge in [-0.25, -0.2) is 0 Å². The van der Waals surface area contributed by atoms with Crippen molar-refractivity contribution in [3.05, 3.63) is 29.8 Å². The van der Waals surface area contributed by atoms with Crippen LogP contribution in [-0.2, 0) is 9.53 Å². The molecular formula is C14H22O4Si. The van der Waals surface area contributed by atoms with Crippen LogP contribution in [0.2, 0.25) is 19.6 Å². The van der Waals surface area contributed by atoms with Gasteiger partial charge >= 0.3 is 5.97 Å². The van der Waals surface area contributed by atoms with Crippen molar-refractivity contribution >= 4 is 19.2 Å². The van der Waals surface area contributed by atoms with E-state index in [9.17, 15) is 15.0 Å². The lowest BCUT2D eigenvalue weighted by Crippen LogP contribution is -2.37. The molecule has 4 nitrogen and oxygen atoms in total. The molecule has 0 bridgehead atoms. The molecule has 0 heterocycles. The molecule has 0 saturated heterocycles. The summed E-state index contributed by atoms with van der Waals surface area (Å²) in [6, 6.07) is 7.57. The van der Waals surface area contributed by atoms with Gasteiger partial charge in [0.1, 0.15) is 6.10 Å². The van der Waals surface area contributed by atoms with Gasteiger partial charge in [0.05, 0.1) is 27.7 Å². The molecule has 106 valence electrons. The fraction of sp³-hybridized carbons (Fsp3) is 0.500. The van der Waals surface area contributed by atoms with Crippen molar-refractivity contribution in [2.45, 2.75) is 38.3 Å². The van der Waals surface area contributed by atoms with Crippen molar-refractivity contribution in [3.63, 3.8) is 0 Å². The molecule has 2 atom stereocenters. The van der Waals surface area contributed by atoms with Gasteiger partial charge in [-0.05, 0) is 5.56 Å². The third kappa shape index (κ3) is 4.45. The summed E-state index contributed by atoms with van der Waals surface area (Å²) in [5.41, 5.74) is 0.610. The number of ether oxygens (including phenoxy) is 1. The summed E-state index contributed by atoms with van der Waals surface area (Å²) < 4.78 is 4.47. The van der Waals surface area contributed by atoms with Gasteiger partial charge in [-0.1, -0.05) is 49.1 Å². The van der Waals surface area contributed by atoms with Gasteiger partial charge in [-0.2, -0.15) is 0 Å². The van der Waals surface area contributed by atoms with Crippen LogP contribution in [0.5, 0.6) is 0 Å². The lowest BCUT2D eigenvalue weighted by molar-refractivity contribution is -0.144. The molecule has 0 amide bonds. The molecule has 0 aliphatic rings. The van der Waals surface area contributed by atoms with Crippen LogP contribution >= 0.6 is 0 Å². The first-order chi connectivity index (χ1) is 8.75. The van der Waals surface area contributed by atoms with Crippen molar-refractivity contribution in [2.75, 3.05) is 7.11 Å². The summed E-state index contributed by atoms with van der Waals surface area (Å²) in [7, 11) is -0.114. The number of carbonyl (C=O) groups is 1. The summed E-state index contributed by atoms with van der Waals surface area (Å²) in [4.78, 5) is 11.1. The van der Waals surface area contributed by atoms with Crippen LogP contribution in [0, 0.1) is 0 Å². The minimum absolute atomic E-state index is 0.215. The molecule has 0 aliphatic carbocycles. The maximum atomic E-state index is 11.1. The zero-order valence-electron chi connectivity index (χ0n) is 11.9. The average molecular weight is 282 g/mol. The SMILES string of the molecule is COC(=O)CC(O)C(O)c1ccc([Si](C)(C)C)cc1. The Hall–Kier alpha value is -1.17. The largest absolute Gasteiger partial charge is 0.469 e. The molecule has 0 fully saturated rings. The Bertz CT molecular complexity index is 422. The molecule has 2 N–H and O–H groups in total. The lowest BCUT2D eigenvalue weighted by Gasteiger charge is -2.20. The van der Waals surface area contributed by atoms with Gasteiger partial charge in [-0.3, -0.25) is 4.79 Å². The summed E-state index contributed by atoms with van der Waals surface area (Å²) in [5, 5.41) is 21.0. The Morgan fingerprint density at radius 1 is 1.21 bits per heavy atom. The van der Waals surface area contributed by atoms with E-state index in [1.165, 1.54) is 12.3 Å². The first-order valence-corrected chi connectivity index (χ1v) is 9.79. The molecule has 1 aromatic rings. The van der Waals surface area contributed by atoms with Crippen LogP contribution in [0.15, 0.2) is 24.3 Å². The van der Waals surface area contributed by atoms with Crippen molar-refractivity contribution in [1.29, 1.82) is 0 Å². The topological polar surface area (TPSA) is 66.8 Å². The Kier molecular flexibility index (Phi) is 5.28. The van der Waals surface area contributed by atoms with Crippen LogP contribution in [0.25, 0.3) is 0 Å². The van der Waals surface area contributed by atoms with Crippen molar-refractivity contribution in [1.82, 2.24) is 0 Å². The smallest absolute Gasteiger partial charge is 0.308 e. The lowest BCUT2D eigenvalue weighted by atomic mass is 10.0. The number of benzene rings is 1. The predicted octanol–water partition coefficient (Wildman–Crippen LogP) is 1.19. The van der Waals surface area contributed by atoms with E-state index in [0.717, 1.165) is 0 Å². The molecule has 5 heteroatoms. The number of carbonyl (C=O) groups excluding carboxylic acids is 1. The van der Waals surface area contributed by atoms with E-state index in [1.54, 1.807) is 12.1 Å². The van der Waals surface area contributed by atoms with E-state index >= 15 is 0 Å². The van der Waals surface area contributed by atoms with Crippen molar-refractivity contribution in [3.8, 4) is 0 Å². The van der Waals surface area contributed by atoms with Crippen LogP contribution in [0.1, 0.15) is 18.1 Å². The molecule has 0 aliphatic heterocycles. The fourth-order valence-electron chi connectivity index (χ4n) is 1.77. The van der Waals surface area contributed by atoms with Crippen LogP contribution in [0.3, 0.4) is 0 Å². The Morgan fingerprint density at radius 2 is 1.74 bits per heavy atom. The first-order valence-electron chi connectivity index (χ1n) is 6.29. The highest BCUT2D eigenvalue weighted by Crippen LogP contribution is 2.19. The number of hydrogen-bond donors (Lipinski definition) is 2. The normalized spacial score (nSPS) is 14.8. The van der Waals surface area contributed by atoms with Gasteiger partial charge < -0.3 is 14.9 Å². The number of aliphatic hydroxyl groups excluding tert-OH is 2. The van der Waals surface area contributed by atoms with Gasteiger partial charge in [0, 0.05) is 0 Å². The zero-order valence-corrected chi connectivity index (χ0v) is 12.9. The van der Waals surface area contributed by atoms with Crippen LogP contribution in [0.4, 0.5) is 0 Å². The van der Waals surface area contributed by atoms with E-state index < -0.39 is 26.3 Å². The van der Waals surface area contributed by atoms with E-state index in [0.29, 0.717) is 5.56 Å². The summed E-state index contributed by atoms with van der Waals surface area (Å²) in [6.07, 6.45) is -2.44. The summed E-state index contributed by atoms with van der Waals surface area (Å²) in [5.74, 6) is -0.537. The molecular weight excluding hydrogens is 260 g/mol. The number of methoxy groups -OCH3 is 1. The van der Waals surface area contributed by atoms with Gasteiger partial charge in [0.25, 0.3) is 0 Å². The average Bonchev–Trinajstić information content (AvgIpc) is 2.36. The molecule has 0 spiro atoms.